The molecule has 1 heterocycles. The molecule has 0 atom stereocenters. The molecular weight excluding hydrogens is 158 g/mol. The largest absolute Gasteiger partial charge is 0.261 e. The highest BCUT2D eigenvalue weighted by atomic mass is 14.7. The van der Waals surface area contributed by atoms with Gasteiger partial charge in [-0.05, 0) is 30.4 Å². The van der Waals surface area contributed by atoms with Crippen molar-refractivity contribution in [3.63, 3.8) is 0 Å². The summed E-state index contributed by atoms with van der Waals surface area (Å²) in [4.78, 5) is 4.32. The Morgan fingerprint density at radius 1 is 1.23 bits per heavy atom. The zero-order valence-corrected chi connectivity index (χ0v) is 8.04. The number of pyridine rings is 1. The Kier molecular flexibility index (Phi) is 2.01. The van der Waals surface area contributed by atoms with Crippen LogP contribution >= 0.6 is 0 Å². The predicted molar refractivity (Wildman–Crippen MR) is 55.9 cm³/mol. The van der Waals surface area contributed by atoms with Crippen molar-refractivity contribution in [3.05, 3.63) is 41.7 Å². The van der Waals surface area contributed by atoms with Gasteiger partial charge in [0.05, 0.1) is 0 Å². The Morgan fingerprint density at radius 3 is 2.85 bits per heavy atom. The highest BCUT2D eigenvalue weighted by Crippen LogP contribution is 2.20. The molecule has 13 heavy (non-hydrogen) atoms. The van der Waals surface area contributed by atoms with Crippen molar-refractivity contribution in [2.75, 3.05) is 0 Å². The van der Waals surface area contributed by atoms with Crippen LogP contribution in [0.2, 0.25) is 0 Å². The van der Waals surface area contributed by atoms with Crippen LogP contribution in [0.3, 0.4) is 0 Å². The van der Waals surface area contributed by atoms with Crippen LogP contribution < -0.4 is 0 Å². The van der Waals surface area contributed by atoms with Gasteiger partial charge in [-0.25, -0.2) is 0 Å². The van der Waals surface area contributed by atoms with Gasteiger partial charge < -0.3 is 0 Å². The van der Waals surface area contributed by atoms with Crippen LogP contribution in [0.4, 0.5) is 0 Å². The number of fused-ring (bicyclic) bond motifs is 1. The van der Waals surface area contributed by atoms with E-state index in [2.05, 4.69) is 43.1 Å². The Bertz CT molecular complexity index is 427. The number of aromatic nitrogens is 1. The first-order valence-corrected chi connectivity index (χ1v) is 4.66. The first-order chi connectivity index (χ1) is 6.33. The topological polar surface area (TPSA) is 12.9 Å². The van der Waals surface area contributed by atoms with E-state index in [1.165, 1.54) is 16.3 Å². The van der Waals surface area contributed by atoms with Crippen molar-refractivity contribution < 1.29 is 0 Å². The summed E-state index contributed by atoms with van der Waals surface area (Å²) < 4.78 is 0. The van der Waals surface area contributed by atoms with Gasteiger partial charge in [-0.2, -0.15) is 0 Å². The van der Waals surface area contributed by atoms with Crippen LogP contribution in [0, 0.1) is 6.92 Å². The lowest BCUT2D eigenvalue weighted by Gasteiger charge is -2.05. The smallest absolute Gasteiger partial charge is 0.0453 e. The second-order valence-electron chi connectivity index (χ2n) is 3.27. The number of rotatable bonds is 1. The van der Waals surface area contributed by atoms with E-state index in [1.807, 2.05) is 6.20 Å². The molecule has 0 spiro atoms. The van der Waals surface area contributed by atoms with E-state index in [0.29, 0.717) is 0 Å². The Hall–Kier alpha value is -1.37. The number of hydrogen-bond donors (Lipinski definition) is 0. The molecule has 0 fully saturated rings. The molecule has 1 aromatic carbocycles. The zero-order chi connectivity index (χ0) is 9.26. The van der Waals surface area contributed by atoms with Crippen LogP contribution in [0.5, 0.6) is 0 Å². The minimum Gasteiger partial charge on any atom is -0.261 e. The molecule has 0 radical (unpaired) electrons. The van der Waals surface area contributed by atoms with Crippen LogP contribution in [-0.4, -0.2) is 4.98 Å². The highest BCUT2D eigenvalue weighted by Gasteiger charge is 2.01. The minimum absolute atomic E-state index is 1.07. The summed E-state index contributed by atoms with van der Waals surface area (Å²) in [6, 6.07) is 8.50. The fourth-order valence-electron chi connectivity index (χ4n) is 1.79. The molecule has 66 valence electrons. The van der Waals surface area contributed by atoms with Crippen molar-refractivity contribution in [2.24, 2.45) is 0 Å². The molecular formula is C12H13N. The van der Waals surface area contributed by atoms with E-state index in [9.17, 15) is 0 Å². The van der Waals surface area contributed by atoms with E-state index in [4.69, 9.17) is 0 Å². The Balaban J connectivity index is 2.87. The average Bonchev–Trinajstić information content (AvgIpc) is 2.17. The summed E-state index contributed by atoms with van der Waals surface area (Å²) in [5, 5.41) is 2.62. The normalized spacial score (nSPS) is 10.6. The molecule has 2 rings (SSSR count). The van der Waals surface area contributed by atoms with Crippen LogP contribution in [0.1, 0.15) is 18.2 Å². The third kappa shape index (κ3) is 1.31. The monoisotopic (exact) mass is 171 g/mol. The van der Waals surface area contributed by atoms with Crippen LogP contribution in [-0.2, 0) is 6.42 Å². The van der Waals surface area contributed by atoms with Gasteiger partial charge in [-0.3, -0.25) is 4.98 Å². The van der Waals surface area contributed by atoms with Crippen molar-refractivity contribution >= 4 is 10.8 Å². The lowest BCUT2D eigenvalue weighted by atomic mass is 10.0. The summed E-state index contributed by atoms with van der Waals surface area (Å²) >= 11 is 0. The maximum atomic E-state index is 4.32. The third-order valence-corrected chi connectivity index (χ3v) is 2.45. The predicted octanol–water partition coefficient (Wildman–Crippen LogP) is 3.11. The lowest BCUT2D eigenvalue weighted by Crippen LogP contribution is -1.88. The third-order valence-electron chi connectivity index (χ3n) is 2.45. The SMILES string of the molecule is CCc1cccc2ccnc(C)c12. The van der Waals surface area contributed by atoms with E-state index < -0.39 is 0 Å². The molecule has 1 aromatic heterocycles. The molecule has 0 aliphatic carbocycles. The number of hydrogen-bond acceptors (Lipinski definition) is 1. The van der Waals surface area contributed by atoms with Gasteiger partial charge in [0.1, 0.15) is 0 Å². The van der Waals surface area contributed by atoms with Gasteiger partial charge >= 0.3 is 0 Å². The fraction of sp³-hybridized carbons (Fsp3) is 0.250. The number of benzene rings is 1. The van der Waals surface area contributed by atoms with Gasteiger partial charge in [-0.1, -0.05) is 25.1 Å². The minimum atomic E-state index is 1.07. The van der Waals surface area contributed by atoms with Gasteiger partial charge in [0.15, 0.2) is 0 Å². The second-order valence-corrected chi connectivity index (χ2v) is 3.27. The van der Waals surface area contributed by atoms with Gasteiger partial charge in [-0.15, -0.1) is 0 Å². The highest BCUT2D eigenvalue weighted by molar-refractivity contribution is 5.87. The van der Waals surface area contributed by atoms with Crippen molar-refractivity contribution in [2.45, 2.75) is 20.3 Å². The number of aryl methyl sites for hydroxylation is 2. The number of nitrogens with zero attached hydrogens (tertiary/aromatic N) is 1. The van der Waals surface area contributed by atoms with Gasteiger partial charge in [0.25, 0.3) is 0 Å². The van der Waals surface area contributed by atoms with Crippen molar-refractivity contribution in [3.8, 4) is 0 Å². The van der Waals surface area contributed by atoms with Crippen LogP contribution in [0.15, 0.2) is 30.5 Å². The summed E-state index contributed by atoms with van der Waals surface area (Å²) in [5.74, 6) is 0. The van der Waals surface area contributed by atoms with Gasteiger partial charge in [0, 0.05) is 17.3 Å². The molecule has 0 amide bonds. The van der Waals surface area contributed by atoms with Crippen molar-refractivity contribution in [1.82, 2.24) is 4.98 Å². The molecule has 0 unspecified atom stereocenters. The molecule has 0 saturated heterocycles. The van der Waals surface area contributed by atoms with E-state index in [-0.39, 0.29) is 0 Å². The van der Waals surface area contributed by atoms with E-state index in [1.54, 1.807) is 0 Å². The standard InChI is InChI=1S/C12H13N/c1-3-10-5-4-6-11-7-8-13-9(2)12(10)11/h4-8H,3H2,1-2H3. The zero-order valence-electron chi connectivity index (χ0n) is 8.04. The summed E-state index contributed by atoms with van der Waals surface area (Å²) in [6.45, 7) is 4.25. The summed E-state index contributed by atoms with van der Waals surface area (Å²) in [5.41, 5.74) is 2.53. The Morgan fingerprint density at radius 2 is 2.08 bits per heavy atom. The first kappa shape index (κ1) is 8.24. The second kappa shape index (κ2) is 3.17. The van der Waals surface area contributed by atoms with Gasteiger partial charge in [0.2, 0.25) is 0 Å². The summed E-state index contributed by atoms with van der Waals surface area (Å²) in [7, 11) is 0. The van der Waals surface area contributed by atoms with Crippen molar-refractivity contribution in [1.29, 1.82) is 0 Å². The Labute approximate surface area is 78.4 Å². The summed E-state index contributed by atoms with van der Waals surface area (Å²) in [6.07, 6.45) is 2.95. The molecule has 0 aliphatic heterocycles. The fourth-order valence-corrected chi connectivity index (χ4v) is 1.79. The maximum absolute atomic E-state index is 4.32. The quantitative estimate of drug-likeness (QED) is 0.642. The van der Waals surface area contributed by atoms with E-state index >= 15 is 0 Å². The average molecular weight is 171 g/mol. The molecule has 0 aliphatic rings. The lowest BCUT2D eigenvalue weighted by molar-refractivity contribution is 1.14. The van der Waals surface area contributed by atoms with E-state index in [0.717, 1.165) is 12.1 Å². The first-order valence-electron chi connectivity index (χ1n) is 4.66. The molecule has 0 saturated carbocycles. The van der Waals surface area contributed by atoms with Crippen LogP contribution in [0.25, 0.3) is 10.8 Å². The molecule has 0 bridgehead atoms. The molecule has 1 nitrogen and oxygen atoms in total. The molecule has 1 heteroatoms. The molecule has 0 N–H and O–H groups in total. The maximum Gasteiger partial charge on any atom is 0.0453 e. The molecule has 2 aromatic rings.